The molecule has 0 unspecified atom stereocenters. The van der Waals surface area contributed by atoms with Crippen LogP contribution in [0.4, 0.5) is 0 Å². The molecule has 2 heterocycles. The first-order valence-electron chi connectivity index (χ1n) is 15.2. The van der Waals surface area contributed by atoms with Crippen molar-refractivity contribution in [1.29, 1.82) is 0 Å². The fraction of sp³-hybridized carbons (Fsp3) is 0.171. The number of rotatable bonds is 3. The standard InChI is InChI=1S/C30H28N.C11H8N.Ir/c1-22-19-24-11-14-25(22)8-6-5-7-23-12-15-26(16-13-24)29(20-23)28-17-18-31-30(21-28)27-9-3-2-4-10-27;1-2-6-10(7-3-1)11-8-4-5-9-12-11;/h2-4,9,11-12,14-15,17-21H,5-8,13,16H2,1H3;1-6,8-9H;/q2*-1;. The second kappa shape index (κ2) is 15.5. The van der Waals surface area contributed by atoms with E-state index in [-0.39, 0.29) is 20.1 Å². The van der Waals surface area contributed by atoms with Crippen LogP contribution in [0, 0.1) is 19.1 Å². The van der Waals surface area contributed by atoms with Crippen LogP contribution >= 0.6 is 0 Å². The average molecular weight is 749 g/mol. The first kappa shape index (κ1) is 31.3. The molecule has 0 amide bonds. The second-order valence-corrected chi connectivity index (χ2v) is 11.2. The van der Waals surface area contributed by atoms with Gasteiger partial charge in [0.25, 0.3) is 0 Å². The monoisotopic (exact) mass is 749 g/mol. The summed E-state index contributed by atoms with van der Waals surface area (Å²) in [5.74, 6) is 0. The van der Waals surface area contributed by atoms with E-state index in [1.54, 1.807) is 6.20 Å². The summed E-state index contributed by atoms with van der Waals surface area (Å²) in [6.45, 7) is 2.27. The van der Waals surface area contributed by atoms with E-state index in [9.17, 15) is 0 Å². The van der Waals surface area contributed by atoms with Crippen molar-refractivity contribution < 1.29 is 20.1 Å². The molecule has 2 nitrogen and oxygen atoms in total. The minimum atomic E-state index is 0. The molecule has 0 atom stereocenters. The number of pyridine rings is 2. The van der Waals surface area contributed by atoms with Gasteiger partial charge >= 0.3 is 0 Å². The number of benzene rings is 4. The summed E-state index contributed by atoms with van der Waals surface area (Å²) in [6, 6.07) is 46.8. The molecule has 0 fully saturated rings. The van der Waals surface area contributed by atoms with Gasteiger partial charge in [-0.15, -0.1) is 71.8 Å². The number of hydrogen-bond donors (Lipinski definition) is 0. The largest absolute Gasteiger partial charge is 0.305 e. The first-order valence-corrected chi connectivity index (χ1v) is 15.2. The predicted molar refractivity (Wildman–Crippen MR) is 178 cm³/mol. The number of aromatic nitrogens is 2. The van der Waals surface area contributed by atoms with E-state index in [2.05, 4.69) is 83.6 Å². The molecule has 4 aliphatic carbocycles. The molecule has 4 bridgehead atoms. The Balaban J connectivity index is 0.000000248. The first-order chi connectivity index (χ1) is 21.2. The minimum Gasteiger partial charge on any atom is -0.305 e. The summed E-state index contributed by atoms with van der Waals surface area (Å²) in [5, 5.41) is 0. The molecule has 0 N–H and O–H groups in total. The van der Waals surface area contributed by atoms with Gasteiger partial charge in [0.15, 0.2) is 0 Å². The molecular weight excluding hydrogens is 713 g/mol. The maximum atomic E-state index is 4.62. The van der Waals surface area contributed by atoms with Crippen LogP contribution in [-0.2, 0) is 45.8 Å². The number of nitrogens with zero attached hydrogens (tertiary/aromatic N) is 2. The summed E-state index contributed by atoms with van der Waals surface area (Å²) >= 11 is 0. The third-order valence-corrected chi connectivity index (χ3v) is 8.13. The Morgan fingerprint density at radius 3 is 1.93 bits per heavy atom. The molecule has 0 saturated heterocycles. The van der Waals surface area contributed by atoms with Crippen LogP contribution in [-0.4, -0.2) is 9.97 Å². The van der Waals surface area contributed by atoms with Crippen molar-refractivity contribution in [2.45, 2.75) is 45.4 Å². The quantitative estimate of drug-likeness (QED) is 0.169. The molecule has 3 heteroatoms. The fourth-order valence-electron chi connectivity index (χ4n) is 5.76. The normalized spacial score (nSPS) is 12.4. The summed E-state index contributed by atoms with van der Waals surface area (Å²) < 4.78 is 0. The van der Waals surface area contributed by atoms with Crippen LogP contribution in [0.15, 0.2) is 128 Å². The molecule has 0 saturated carbocycles. The smallest absolute Gasteiger partial charge is 0.0166 e. The van der Waals surface area contributed by atoms with E-state index in [1.807, 2.05) is 66.9 Å². The van der Waals surface area contributed by atoms with Crippen LogP contribution in [0.2, 0.25) is 0 Å². The van der Waals surface area contributed by atoms with Gasteiger partial charge in [-0.05, 0) is 108 Å². The van der Waals surface area contributed by atoms with Crippen LogP contribution in [0.25, 0.3) is 33.6 Å². The van der Waals surface area contributed by atoms with Crippen molar-refractivity contribution in [2.24, 2.45) is 0 Å². The SMILES string of the molecule is Cc1cc2ccc1CCCCc1ccc(c(-c3ccnc(-c4[c-]cccc4)c3)c1)CC2.[Ir].[c-]1ccccc1-c1ccccn1. The van der Waals surface area contributed by atoms with E-state index >= 15 is 0 Å². The van der Waals surface area contributed by atoms with Crippen LogP contribution in [0.5, 0.6) is 0 Å². The van der Waals surface area contributed by atoms with E-state index in [0.717, 1.165) is 41.8 Å². The zero-order valence-electron chi connectivity index (χ0n) is 25.1. The molecule has 0 spiro atoms. The van der Waals surface area contributed by atoms with E-state index in [0.29, 0.717) is 0 Å². The summed E-state index contributed by atoms with van der Waals surface area (Å²) in [4.78, 5) is 8.83. The van der Waals surface area contributed by atoms with Gasteiger partial charge < -0.3 is 9.97 Å². The van der Waals surface area contributed by atoms with E-state index in [1.165, 1.54) is 58.2 Å². The summed E-state index contributed by atoms with van der Waals surface area (Å²) in [7, 11) is 0. The van der Waals surface area contributed by atoms with Gasteiger partial charge in [-0.3, -0.25) is 0 Å². The van der Waals surface area contributed by atoms with Gasteiger partial charge in [0, 0.05) is 32.5 Å². The van der Waals surface area contributed by atoms with Crippen molar-refractivity contribution in [3.8, 4) is 33.6 Å². The maximum Gasteiger partial charge on any atom is 0.0166 e. The van der Waals surface area contributed by atoms with Gasteiger partial charge in [0.05, 0.1) is 0 Å². The molecule has 0 aliphatic heterocycles. The van der Waals surface area contributed by atoms with Crippen LogP contribution in [0.1, 0.15) is 40.7 Å². The van der Waals surface area contributed by atoms with Gasteiger partial charge in [0.2, 0.25) is 0 Å². The zero-order chi connectivity index (χ0) is 29.3. The van der Waals surface area contributed by atoms with Crippen LogP contribution < -0.4 is 0 Å². The van der Waals surface area contributed by atoms with Crippen LogP contribution in [0.3, 0.4) is 0 Å². The number of hydrogen-bond acceptors (Lipinski definition) is 2. The molecule has 221 valence electrons. The fourth-order valence-corrected chi connectivity index (χ4v) is 5.76. The number of aryl methyl sites for hydroxylation is 5. The molecule has 10 rings (SSSR count). The Morgan fingerprint density at radius 1 is 0.545 bits per heavy atom. The maximum absolute atomic E-state index is 4.62. The average Bonchev–Trinajstić information content (AvgIpc) is 3.08. The molecular formula is C41H36IrN2-2. The Kier molecular flexibility index (Phi) is 11.0. The predicted octanol–water partition coefficient (Wildman–Crippen LogP) is 9.73. The Hall–Kier alpha value is -4.17. The Bertz CT molecular complexity index is 1730. The molecule has 1 radical (unpaired) electrons. The molecule has 44 heavy (non-hydrogen) atoms. The zero-order valence-corrected chi connectivity index (χ0v) is 27.5. The van der Waals surface area contributed by atoms with Gasteiger partial charge in [-0.25, -0.2) is 0 Å². The van der Waals surface area contributed by atoms with Crippen molar-refractivity contribution in [3.05, 3.63) is 168 Å². The minimum absolute atomic E-state index is 0. The Labute approximate surface area is 275 Å². The van der Waals surface area contributed by atoms with Gasteiger partial charge in [-0.2, -0.15) is 0 Å². The molecule has 4 aromatic carbocycles. The topological polar surface area (TPSA) is 25.8 Å². The van der Waals surface area contributed by atoms with Crippen molar-refractivity contribution in [1.82, 2.24) is 9.97 Å². The van der Waals surface area contributed by atoms with Gasteiger partial charge in [-0.1, -0.05) is 54.6 Å². The second-order valence-electron chi connectivity index (χ2n) is 11.2. The molecule has 4 aliphatic rings. The van der Waals surface area contributed by atoms with E-state index < -0.39 is 0 Å². The Morgan fingerprint density at radius 2 is 1.23 bits per heavy atom. The molecule has 6 aromatic rings. The van der Waals surface area contributed by atoms with E-state index in [4.69, 9.17) is 0 Å². The third-order valence-electron chi connectivity index (χ3n) is 8.13. The van der Waals surface area contributed by atoms with Crippen molar-refractivity contribution >= 4 is 0 Å². The van der Waals surface area contributed by atoms with Gasteiger partial charge in [0.1, 0.15) is 0 Å². The molecule has 2 aromatic heterocycles. The van der Waals surface area contributed by atoms with Crippen molar-refractivity contribution in [2.75, 3.05) is 0 Å². The third kappa shape index (κ3) is 8.05. The summed E-state index contributed by atoms with van der Waals surface area (Å²) in [5.41, 5.74) is 13.9. The van der Waals surface area contributed by atoms with Crippen molar-refractivity contribution in [3.63, 3.8) is 0 Å². The summed E-state index contributed by atoms with van der Waals surface area (Å²) in [6.07, 6.45) is 10.6.